The summed E-state index contributed by atoms with van der Waals surface area (Å²) in [4.78, 5) is 0. The van der Waals surface area contributed by atoms with Crippen LogP contribution in [0.25, 0.3) is 0 Å². The molecule has 2 heteroatoms. The third kappa shape index (κ3) is 2.70. The molecule has 1 unspecified atom stereocenters. The molecule has 0 spiro atoms. The van der Waals surface area contributed by atoms with Crippen LogP contribution in [0.2, 0.25) is 0 Å². The van der Waals surface area contributed by atoms with E-state index in [0.717, 1.165) is 0 Å². The first-order valence-corrected chi connectivity index (χ1v) is 6.43. The van der Waals surface area contributed by atoms with Crippen LogP contribution in [0.5, 0.6) is 0 Å². The van der Waals surface area contributed by atoms with Crippen molar-refractivity contribution in [2.75, 3.05) is 6.54 Å². The zero-order chi connectivity index (χ0) is 9.80. The second-order valence-corrected chi connectivity index (χ2v) is 5.15. The molecule has 1 nitrogen and oxygen atoms in total. The highest BCUT2D eigenvalue weighted by Crippen LogP contribution is 2.23. The zero-order valence-corrected chi connectivity index (χ0v) is 10.5. The Hall–Kier alpha value is -0.0900. The molecule has 1 heterocycles. The Labute approximate surface area is 99.4 Å². The van der Waals surface area contributed by atoms with E-state index in [-0.39, 0.29) is 0 Å². The van der Waals surface area contributed by atoms with Gasteiger partial charge in [0, 0.05) is 9.61 Å². The molecule has 0 amide bonds. The van der Waals surface area contributed by atoms with Crippen molar-refractivity contribution in [3.05, 3.63) is 33.4 Å². The van der Waals surface area contributed by atoms with E-state index in [1.165, 1.54) is 41.4 Å². The first-order chi connectivity index (χ1) is 6.86. The molecule has 2 rings (SSSR count). The minimum Gasteiger partial charge on any atom is -0.310 e. The quantitative estimate of drug-likeness (QED) is 0.783. The summed E-state index contributed by atoms with van der Waals surface area (Å²) in [6.45, 7) is 1.18. The fourth-order valence-electron chi connectivity index (χ4n) is 2.01. The second-order valence-electron chi connectivity index (χ2n) is 3.91. The fraction of sp³-hybridized carbons (Fsp3) is 0.500. The zero-order valence-electron chi connectivity index (χ0n) is 8.30. The molecule has 1 aliphatic heterocycles. The number of hydrogen-bond donors (Lipinski definition) is 1. The van der Waals surface area contributed by atoms with Gasteiger partial charge in [-0.3, -0.25) is 0 Å². The van der Waals surface area contributed by atoms with Crippen LogP contribution in [0.3, 0.4) is 0 Å². The van der Waals surface area contributed by atoms with Crippen LogP contribution in [0.15, 0.2) is 24.3 Å². The van der Waals surface area contributed by atoms with Crippen molar-refractivity contribution in [1.29, 1.82) is 0 Å². The summed E-state index contributed by atoms with van der Waals surface area (Å²) in [6, 6.07) is 9.50. The minimum atomic E-state index is 0.592. The van der Waals surface area contributed by atoms with Gasteiger partial charge in [0.1, 0.15) is 0 Å². The third-order valence-electron chi connectivity index (χ3n) is 2.83. The molecule has 0 radical (unpaired) electrons. The van der Waals surface area contributed by atoms with E-state index < -0.39 is 0 Å². The molecule has 1 aromatic carbocycles. The lowest BCUT2D eigenvalue weighted by Gasteiger charge is -2.15. The van der Waals surface area contributed by atoms with Gasteiger partial charge in [0.25, 0.3) is 0 Å². The van der Waals surface area contributed by atoms with Crippen LogP contribution in [-0.4, -0.2) is 6.54 Å². The van der Waals surface area contributed by atoms with E-state index >= 15 is 0 Å². The molecule has 1 N–H and O–H groups in total. The van der Waals surface area contributed by atoms with Crippen LogP contribution in [0.4, 0.5) is 0 Å². The lowest BCUT2D eigenvalue weighted by Crippen LogP contribution is -2.20. The van der Waals surface area contributed by atoms with E-state index in [0.29, 0.717) is 6.04 Å². The molecule has 76 valence electrons. The van der Waals surface area contributed by atoms with Crippen LogP contribution in [0, 0.1) is 3.57 Å². The number of hydrogen-bond acceptors (Lipinski definition) is 1. The first kappa shape index (κ1) is 10.4. The standard InChI is InChI=1S/C12H16IN/c13-11-7-5-10(6-8-11)12-4-2-1-3-9-14-12/h5-8,12,14H,1-4,9H2. The molecule has 0 aromatic heterocycles. The second kappa shape index (κ2) is 5.12. The predicted octanol–water partition coefficient (Wildman–Crippen LogP) is 3.50. The van der Waals surface area contributed by atoms with Gasteiger partial charge in [0.15, 0.2) is 0 Å². The van der Waals surface area contributed by atoms with Gasteiger partial charge in [-0.2, -0.15) is 0 Å². The molecule has 1 aliphatic rings. The monoisotopic (exact) mass is 301 g/mol. The van der Waals surface area contributed by atoms with Crippen LogP contribution < -0.4 is 5.32 Å². The Balaban J connectivity index is 2.08. The van der Waals surface area contributed by atoms with Gasteiger partial charge < -0.3 is 5.32 Å². The van der Waals surface area contributed by atoms with Gasteiger partial charge in [-0.15, -0.1) is 0 Å². The van der Waals surface area contributed by atoms with Crippen molar-refractivity contribution in [2.24, 2.45) is 0 Å². The lowest BCUT2D eigenvalue weighted by molar-refractivity contribution is 0.535. The maximum absolute atomic E-state index is 3.61. The van der Waals surface area contributed by atoms with Crippen molar-refractivity contribution in [1.82, 2.24) is 5.32 Å². The van der Waals surface area contributed by atoms with E-state index in [1.807, 2.05) is 0 Å². The van der Waals surface area contributed by atoms with E-state index in [4.69, 9.17) is 0 Å². The molecule has 1 atom stereocenters. The number of halogens is 1. The average molecular weight is 301 g/mol. The molecule has 0 bridgehead atoms. The van der Waals surface area contributed by atoms with Crippen molar-refractivity contribution in [3.63, 3.8) is 0 Å². The summed E-state index contributed by atoms with van der Waals surface area (Å²) >= 11 is 2.35. The highest BCUT2D eigenvalue weighted by Gasteiger charge is 2.12. The Morgan fingerprint density at radius 2 is 1.86 bits per heavy atom. The Kier molecular flexibility index (Phi) is 3.81. The minimum absolute atomic E-state index is 0.592. The summed E-state index contributed by atoms with van der Waals surface area (Å²) in [5.74, 6) is 0. The van der Waals surface area contributed by atoms with E-state index in [2.05, 4.69) is 52.2 Å². The van der Waals surface area contributed by atoms with Crippen LogP contribution >= 0.6 is 22.6 Å². The van der Waals surface area contributed by atoms with E-state index in [1.54, 1.807) is 0 Å². The molecule has 0 saturated carbocycles. The highest BCUT2D eigenvalue weighted by molar-refractivity contribution is 14.1. The molecule has 1 fully saturated rings. The van der Waals surface area contributed by atoms with Crippen LogP contribution in [-0.2, 0) is 0 Å². The number of nitrogens with one attached hydrogen (secondary N) is 1. The molecule has 0 aliphatic carbocycles. The summed E-state index contributed by atoms with van der Waals surface area (Å²) in [7, 11) is 0. The van der Waals surface area contributed by atoms with E-state index in [9.17, 15) is 0 Å². The molecular formula is C12H16IN. The molecular weight excluding hydrogens is 285 g/mol. The van der Waals surface area contributed by atoms with Crippen molar-refractivity contribution in [2.45, 2.75) is 31.7 Å². The van der Waals surface area contributed by atoms with Crippen molar-refractivity contribution in [3.8, 4) is 0 Å². The maximum Gasteiger partial charge on any atom is 0.0320 e. The molecule has 14 heavy (non-hydrogen) atoms. The normalized spacial score (nSPS) is 23.1. The smallest absolute Gasteiger partial charge is 0.0320 e. The SMILES string of the molecule is Ic1ccc(C2CCCCCN2)cc1. The van der Waals surface area contributed by atoms with Gasteiger partial charge in [0.2, 0.25) is 0 Å². The topological polar surface area (TPSA) is 12.0 Å². The largest absolute Gasteiger partial charge is 0.310 e. The Bertz CT molecular complexity index is 273. The van der Waals surface area contributed by atoms with Gasteiger partial charge in [-0.05, 0) is 59.7 Å². The first-order valence-electron chi connectivity index (χ1n) is 5.35. The summed E-state index contributed by atoms with van der Waals surface area (Å²) in [6.07, 6.45) is 5.37. The summed E-state index contributed by atoms with van der Waals surface area (Å²) in [5.41, 5.74) is 1.45. The number of rotatable bonds is 1. The average Bonchev–Trinajstić information content (AvgIpc) is 2.47. The van der Waals surface area contributed by atoms with Crippen molar-refractivity contribution >= 4 is 22.6 Å². The fourth-order valence-corrected chi connectivity index (χ4v) is 2.37. The van der Waals surface area contributed by atoms with Gasteiger partial charge in [0.05, 0.1) is 0 Å². The predicted molar refractivity (Wildman–Crippen MR) is 68.4 cm³/mol. The third-order valence-corrected chi connectivity index (χ3v) is 3.55. The van der Waals surface area contributed by atoms with Crippen molar-refractivity contribution < 1.29 is 0 Å². The Morgan fingerprint density at radius 1 is 1.07 bits per heavy atom. The Morgan fingerprint density at radius 3 is 2.64 bits per heavy atom. The van der Waals surface area contributed by atoms with Gasteiger partial charge >= 0.3 is 0 Å². The van der Waals surface area contributed by atoms with Gasteiger partial charge in [-0.25, -0.2) is 0 Å². The molecule has 1 aromatic rings. The number of benzene rings is 1. The summed E-state index contributed by atoms with van der Waals surface area (Å²) < 4.78 is 1.32. The molecule has 1 saturated heterocycles. The summed E-state index contributed by atoms with van der Waals surface area (Å²) in [5, 5.41) is 3.61. The maximum atomic E-state index is 3.61. The van der Waals surface area contributed by atoms with Crippen LogP contribution in [0.1, 0.15) is 37.3 Å². The lowest BCUT2D eigenvalue weighted by atomic mass is 10.0. The highest BCUT2D eigenvalue weighted by atomic mass is 127. The van der Waals surface area contributed by atoms with Gasteiger partial charge in [-0.1, -0.05) is 25.0 Å².